The van der Waals surface area contributed by atoms with Crippen LogP contribution in [-0.2, 0) is 0 Å². The van der Waals surface area contributed by atoms with Gasteiger partial charge in [0.1, 0.15) is 8.07 Å². The zero-order valence-electron chi connectivity index (χ0n) is 8.49. The summed E-state index contributed by atoms with van der Waals surface area (Å²) in [6.07, 6.45) is 2.33. The smallest absolute Gasteiger partial charge is 0.129 e. The quantitative estimate of drug-likeness (QED) is 0.438. The lowest BCUT2D eigenvalue weighted by atomic mass is 10.1. The molecule has 0 saturated carbocycles. The van der Waals surface area contributed by atoms with Crippen molar-refractivity contribution in [2.75, 3.05) is 0 Å². The second-order valence-electron chi connectivity index (χ2n) is 4.27. The molecule has 0 bridgehead atoms. The van der Waals surface area contributed by atoms with Crippen LogP contribution in [0.2, 0.25) is 19.6 Å². The number of hydrogen-bond acceptors (Lipinski definition) is 0. The van der Waals surface area contributed by atoms with Crippen LogP contribution in [0.5, 0.6) is 0 Å². The van der Waals surface area contributed by atoms with Gasteiger partial charge in [-0.3, -0.25) is 0 Å². The topological polar surface area (TPSA) is 0 Å². The Morgan fingerprint density at radius 3 is 2.18 bits per heavy atom. The number of rotatable bonds is 2. The maximum atomic E-state index is 3.38. The summed E-state index contributed by atoms with van der Waals surface area (Å²) in [6, 6.07) is 0. The van der Waals surface area contributed by atoms with Gasteiger partial charge in [0.25, 0.3) is 0 Å². The molecule has 0 heterocycles. The molecule has 0 amide bonds. The summed E-state index contributed by atoms with van der Waals surface area (Å²) in [4.78, 5) is 0. The molecule has 0 aliphatic heterocycles. The van der Waals surface area contributed by atoms with Gasteiger partial charge in [-0.25, -0.2) is 0 Å². The minimum atomic E-state index is -1.10. The SMILES string of the molecule is CC[C@H](C)CC#C[Si](C)(C)C. The van der Waals surface area contributed by atoms with Crippen LogP contribution in [0.15, 0.2) is 0 Å². The minimum absolute atomic E-state index is 0.777. The van der Waals surface area contributed by atoms with Gasteiger partial charge in [0.15, 0.2) is 0 Å². The van der Waals surface area contributed by atoms with Crippen LogP contribution in [0, 0.1) is 17.4 Å². The molecule has 0 aliphatic rings. The van der Waals surface area contributed by atoms with E-state index in [9.17, 15) is 0 Å². The van der Waals surface area contributed by atoms with Crippen molar-refractivity contribution < 1.29 is 0 Å². The summed E-state index contributed by atoms with van der Waals surface area (Å²) in [6.45, 7) is 11.4. The first-order valence-corrected chi connectivity index (χ1v) is 7.95. The molecule has 0 aliphatic carbocycles. The molecular formula is C10H20Si. The van der Waals surface area contributed by atoms with Crippen molar-refractivity contribution in [3.8, 4) is 11.5 Å². The lowest BCUT2D eigenvalue weighted by Gasteiger charge is -2.05. The Morgan fingerprint density at radius 1 is 1.27 bits per heavy atom. The molecule has 1 atom stereocenters. The Labute approximate surface area is 72.4 Å². The second kappa shape index (κ2) is 4.61. The summed E-state index contributed by atoms with van der Waals surface area (Å²) in [5.74, 6) is 4.06. The highest BCUT2D eigenvalue weighted by Gasteiger charge is 2.07. The Kier molecular flexibility index (Phi) is 4.52. The molecule has 0 saturated heterocycles. The van der Waals surface area contributed by atoms with Crippen LogP contribution in [0.25, 0.3) is 0 Å². The van der Waals surface area contributed by atoms with Crippen LogP contribution in [0.3, 0.4) is 0 Å². The Balaban J connectivity index is 3.73. The van der Waals surface area contributed by atoms with Crippen molar-refractivity contribution in [2.45, 2.75) is 46.3 Å². The van der Waals surface area contributed by atoms with Crippen molar-refractivity contribution >= 4 is 8.07 Å². The number of hydrogen-bond donors (Lipinski definition) is 0. The van der Waals surface area contributed by atoms with Crippen LogP contribution < -0.4 is 0 Å². The molecule has 0 rings (SSSR count). The molecule has 0 aromatic carbocycles. The molecule has 64 valence electrons. The lowest BCUT2D eigenvalue weighted by Crippen LogP contribution is -2.16. The average molecular weight is 168 g/mol. The molecule has 0 nitrogen and oxygen atoms in total. The predicted molar refractivity (Wildman–Crippen MR) is 55.2 cm³/mol. The fourth-order valence-electron chi connectivity index (χ4n) is 0.635. The van der Waals surface area contributed by atoms with E-state index in [1.165, 1.54) is 6.42 Å². The summed E-state index contributed by atoms with van der Waals surface area (Å²) in [5, 5.41) is 0. The second-order valence-corrected chi connectivity index (χ2v) is 9.02. The third-order valence-corrected chi connectivity index (χ3v) is 2.54. The van der Waals surface area contributed by atoms with Gasteiger partial charge >= 0.3 is 0 Å². The first-order chi connectivity index (χ1) is 4.95. The fourth-order valence-corrected chi connectivity index (χ4v) is 1.27. The van der Waals surface area contributed by atoms with E-state index < -0.39 is 8.07 Å². The van der Waals surface area contributed by atoms with Crippen LogP contribution >= 0.6 is 0 Å². The average Bonchev–Trinajstić information content (AvgIpc) is 1.85. The van der Waals surface area contributed by atoms with E-state index in [2.05, 4.69) is 45.0 Å². The standard InChI is InChI=1S/C10H20Si/c1-6-10(2)8-7-9-11(3,4)5/h10H,6,8H2,1-5H3/t10-/m0/s1. The van der Waals surface area contributed by atoms with Gasteiger partial charge in [0, 0.05) is 6.42 Å². The minimum Gasteiger partial charge on any atom is -0.132 e. The highest BCUT2D eigenvalue weighted by Crippen LogP contribution is 2.05. The first-order valence-electron chi connectivity index (χ1n) is 4.45. The van der Waals surface area contributed by atoms with Crippen LogP contribution in [-0.4, -0.2) is 8.07 Å². The maximum absolute atomic E-state index is 3.38. The molecule has 1 heteroatoms. The van der Waals surface area contributed by atoms with Gasteiger partial charge in [0.05, 0.1) is 0 Å². The van der Waals surface area contributed by atoms with E-state index in [-0.39, 0.29) is 0 Å². The molecule has 0 fully saturated rings. The van der Waals surface area contributed by atoms with Gasteiger partial charge in [-0.2, -0.15) is 0 Å². The van der Waals surface area contributed by atoms with E-state index in [4.69, 9.17) is 0 Å². The van der Waals surface area contributed by atoms with E-state index in [1.54, 1.807) is 0 Å². The normalized spacial score (nSPS) is 13.5. The third kappa shape index (κ3) is 7.68. The van der Waals surface area contributed by atoms with Gasteiger partial charge in [-0.05, 0) is 5.92 Å². The highest BCUT2D eigenvalue weighted by molar-refractivity contribution is 6.83. The van der Waals surface area contributed by atoms with Gasteiger partial charge < -0.3 is 0 Å². The molecule has 0 spiro atoms. The van der Waals surface area contributed by atoms with Crippen LogP contribution in [0.4, 0.5) is 0 Å². The van der Waals surface area contributed by atoms with Crippen molar-refractivity contribution in [1.82, 2.24) is 0 Å². The molecule has 0 aromatic heterocycles. The summed E-state index contributed by atoms with van der Waals surface area (Å²) < 4.78 is 0. The lowest BCUT2D eigenvalue weighted by molar-refractivity contribution is 0.581. The zero-order valence-corrected chi connectivity index (χ0v) is 9.49. The summed E-state index contributed by atoms with van der Waals surface area (Å²) >= 11 is 0. The maximum Gasteiger partial charge on any atom is 0.129 e. The van der Waals surface area contributed by atoms with Crippen molar-refractivity contribution in [2.24, 2.45) is 5.92 Å². The monoisotopic (exact) mass is 168 g/mol. The third-order valence-electron chi connectivity index (χ3n) is 1.61. The first kappa shape index (κ1) is 10.8. The Hall–Kier alpha value is -0.223. The predicted octanol–water partition coefficient (Wildman–Crippen LogP) is 3.30. The van der Waals surface area contributed by atoms with Crippen molar-refractivity contribution in [3.05, 3.63) is 0 Å². The van der Waals surface area contributed by atoms with Gasteiger partial charge in [-0.1, -0.05) is 39.9 Å². The van der Waals surface area contributed by atoms with Gasteiger partial charge in [-0.15, -0.1) is 11.5 Å². The Bertz CT molecular complexity index is 154. The van der Waals surface area contributed by atoms with Crippen molar-refractivity contribution in [3.63, 3.8) is 0 Å². The molecule has 0 aromatic rings. The Morgan fingerprint density at radius 2 is 1.82 bits per heavy atom. The summed E-state index contributed by atoms with van der Waals surface area (Å²) in [5.41, 5.74) is 3.38. The molecule has 0 unspecified atom stereocenters. The molecule has 0 radical (unpaired) electrons. The van der Waals surface area contributed by atoms with Crippen LogP contribution in [0.1, 0.15) is 26.7 Å². The van der Waals surface area contributed by atoms with E-state index in [1.807, 2.05) is 0 Å². The van der Waals surface area contributed by atoms with E-state index >= 15 is 0 Å². The fraction of sp³-hybridized carbons (Fsp3) is 0.800. The molecule has 0 N–H and O–H groups in total. The van der Waals surface area contributed by atoms with Crippen molar-refractivity contribution in [1.29, 1.82) is 0 Å². The van der Waals surface area contributed by atoms with E-state index in [0.717, 1.165) is 12.3 Å². The highest BCUT2D eigenvalue weighted by atomic mass is 28.3. The summed E-state index contributed by atoms with van der Waals surface area (Å²) in [7, 11) is -1.10. The zero-order chi connectivity index (χ0) is 8.91. The molecule has 11 heavy (non-hydrogen) atoms. The van der Waals surface area contributed by atoms with Gasteiger partial charge in [0.2, 0.25) is 0 Å². The molecular weight excluding hydrogens is 148 g/mol. The van der Waals surface area contributed by atoms with E-state index in [0.29, 0.717) is 0 Å². The largest absolute Gasteiger partial charge is 0.132 e.